The summed E-state index contributed by atoms with van der Waals surface area (Å²) in [7, 11) is 0. The second-order valence-electron chi connectivity index (χ2n) is 3.46. The highest BCUT2D eigenvalue weighted by atomic mass is 35.5. The van der Waals surface area contributed by atoms with Gasteiger partial charge in [0.1, 0.15) is 0 Å². The third-order valence-corrected chi connectivity index (χ3v) is 2.67. The lowest BCUT2D eigenvalue weighted by atomic mass is 10.1. The van der Waals surface area contributed by atoms with Gasteiger partial charge in [0.05, 0.1) is 6.61 Å². The molecule has 0 N–H and O–H groups in total. The Balaban J connectivity index is 2.45. The molecule has 0 aliphatic rings. The Bertz CT molecular complexity index is 364. The molecule has 0 aromatic heterocycles. The number of carbonyl (C=O) groups is 1. The van der Waals surface area contributed by atoms with Crippen molar-refractivity contribution in [3.63, 3.8) is 0 Å². The predicted octanol–water partition coefficient (Wildman–Crippen LogP) is 3.88. The average molecular weight is 261 g/mol. The lowest BCUT2D eigenvalue weighted by molar-refractivity contribution is -0.143. The fourth-order valence-electron chi connectivity index (χ4n) is 1.25. The van der Waals surface area contributed by atoms with E-state index in [-0.39, 0.29) is 5.97 Å². The van der Waals surface area contributed by atoms with E-state index >= 15 is 0 Å². The van der Waals surface area contributed by atoms with Gasteiger partial charge in [-0.2, -0.15) is 0 Å². The summed E-state index contributed by atoms with van der Waals surface area (Å²) >= 11 is 11.8. The van der Waals surface area contributed by atoms with Crippen LogP contribution in [-0.2, 0) is 16.0 Å². The molecule has 0 saturated carbocycles. The molecule has 0 bridgehead atoms. The number of hydrogen-bond acceptors (Lipinski definition) is 2. The fraction of sp³-hybridized carbons (Fsp3) is 0.417. The molecule has 88 valence electrons. The summed E-state index contributed by atoms with van der Waals surface area (Å²) in [5.41, 5.74) is 0.916. The third kappa shape index (κ3) is 4.42. The molecular formula is C12H14Cl2O2. The monoisotopic (exact) mass is 260 g/mol. The summed E-state index contributed by atoms with van der Waals surface area (Å²) < 4.78 is 4.97. The minimum atomic E-state index is -0.187. The Morgan fingerprint density at radius 3 is 2.75 bits per heavy atom. The largest absolute Gasteiger partial charge is 0.466 e. The highest BCUT2D eigenvalue weighted by Crippen LogP contribution is 2.22. The fourth-order valence-corrected chi connectivity index (χ4v) is 1.75. The number of carbonyl (C=O) groups excluding carboxylic acids is 1. The molecule has 0 amide bonds. The van der Waals surface area contributed by atoms with Gasteiger partial charge in [-0.05, 0) is 30.5 Å². The molecule has 0 aliphatic carbocycles. The maximum absolute atomic E-state index is 11.3. The number of halogens is 2. The lowest BCUT2D eigenvalue weighted by Crippen LogP contribution is -2.06. The van der Waals surface area contributed by atoms with Crippen LogP contribution in [0.1, 0.15) is 25.3 Å². The van der Waals surface area contributed by atoms with Crippen molar-refractivity contribution in [2.24, 2.45) is 0 Å². The zero-order valence-corrected chi connectivity index (χ0v) is 10.6. The van der Waals surface area contributed by atoms with Gasteiger partial charge in [0.2, 0.25) is 0 Å². The molecule has 0 aliphatic heterocycles. The minimum Gasteiger partial charge on any atom is -0.466 e. The van der Waals surface area contributed by atoms with Gasteiger partial charge in [0.25, 0.3) is 0 Å². The van der Waals surface area contributed by atoms with Crippen molar-refractivity contribution < 1.29 is 9.53 Å². The van der Waals surface area contributed by atoms with Crippen LogP contribution in [0.2, 0.25) is 10.0 Å². The zero-order chi connectivity index (χ0) is 12.0. The van der Waals surface area contributed by atoms with Crippen LogP contribution in [0, 0.1) is 0 Å². The van der Waals surface area contributed by atoms with Gasteiger partial charge < -0.3 is 4.74 Å². The second kappa shape index (κ2) is 6.77. The molecule has 0 heterocycles. The maximum Gasteiger partial charge on any atom is 0.306 e. The van der Waals surface area contributed by atoms with E-state index in [4.69, 9.17) is 27.9 Å². The molecular weight excluding hydrogens is 247 g/mol. The van der Waals surface area contributed by atoms with Crippen LogP contribution in [0.3, 0.4) is 0 Å². The zero-order valence-electron chi connectivity index (χ0n) is 9.13. The maximum atomic E-state index is 11.3. The first-order chi connectivity index (χ1) is 7.63. The molecule has 16 heavy (non-hydrogen) atoms. The van der Waals surface area contributed by atoms with Gasteiger partial charge in [-0.3, -0.25) is 4.79 Å². The first kappa shape index (κ1) is 13.3. The van der Waals surface area contributed by atoms with Crippen LogP contribution >= 0.6 is 23.2 Å². The van der Waals surface area contributed by atoms with E-state index < -0.39 is 0 Å². The van der Waals surface area contributed by atoms with Gasteiger partial charge >= 0.3 is 5.97 Å². The highest BCUT2D eigenvalue weighted by molar-refractivity contribution is 6.35. The van der Waals surface area contributed by atoms with E-state index in [1.165, 1.54) is 0 Å². The second-order valence-corrected chi connectivity index (χ2v) is 4.30. The molecule has 0 spiro atoms. The first-order valence-corrected chi connectivity index (χ1v) is 5.98. The van der Waals surface area contributed by atoms with Crippen molar-refractivity contribution in [3.8, 4) is 0 Å². The molecule has 1 rings (SSSR count). The molecule has 0 atom stereocenters. The van der Waals surface area contributed by atoms with E-state index in [0.29, 0.717) is 29.5 Å². The summed E-state index contributed by atoms with van der Waals surface area (Å²) in [6.45, 7) is 2.44. The Kier molecular flexibility index (Phi) is 5.64. The number of aryl methyl sites for hydroxylation is 1. The number of esters is 1. The van der Waals surface area contributed by atoms with E-state index in [9.17, 15) is 4.79 Å². The summed E-state index contributed by atoms with van der Waals surface area (Å²) in [5.74, 6) is -0.187. The lowest BCUT2D eigenvalue weighted by Gasteiger charge is -2.05. The van der Waals surface area contributed by atoms with Crippen molar-refractivity contribution in [1.29, 1.82) is 0 Å². The quantitative estimate of drug-likeness (QED) is 0.752. The Morgan fingerprint density at radius 1 is 1.38 bits per heavy atom. The molecule has 1 aromatic carbocycles. The Labute approximate surface area is 106 Å². The van der Waals surface area contributed by atoms with Gasteiger partial charge in [-0.15, -0.1) is 0 Å². The van der Waals surface area contributed by atoms with Crippen LogP contribution < -0.4 is 0 Å². The molecule has 1 aromatic rings. The summed E-state index contributed by atoms with van der Waals surface area (Å²) in [6, 6.07) is 5.27. The van der Waals surface area contributed by atoms with E-state index in [1.807, 2.05) is 13.0 Å². The Morgan fingerprint density at radius 2 is 2.12 bits per heavy atom. The minimum absolute atomic E-state index is 0.187. The smallest absolute Gasteiger partial charge is 0.306 e. The first-order valence-electron chi connectivity index (χ1n) is 5.23. The van der Waals surface area contributed by atoms with Crippen molar-refractivity contribution >= 4 is 29.2 Å². The van der Waals surface area contributed by atoms with E-state index in [2.05, 4.69) is 0 Å². The van der Waals surface area contributed by atoms with E-state index in [1.54, 1.807) is 12.1 Å². The van der Waals surface area contributed by atoms with Gasteiger partial charge in [-0.1, -0.05) is 36.2 Å². The topological polar surface area (TPSA) is 26.3 Å². The van der Waals surface area contributed by atoms with Crippen molar-refractivity contribution in [2.45, 2.75) is 26.2 Å². The molecule has 0 radical (unpaired) electrons. The summed E-state index contributed by atoms with van der Waals surface area (Å²) in [6.07, 6.45) is 1.77. The van der Waals surface area contributed by atoms with E-state index in [0.717, 1.165) is 12.0 Å². The summed E-state index contributed by atoms with van der Waals surface area (Å²) in [5, 5.41) is 1.19. The number of hydrogen-bond donors (Lipinski definition) is 0. The van der Waals surface area contributed by atoms with Crippen LogP contribution in [0.5, 0.6) is 0 Å². The van der Waals surface area contributed by atoms with Crippen molar-refractivity contribution in [3.05, 3.63) is 33.8 Å². The van der Waals surface area contributed by atoms with Crippen LogP contribution in [-0.4, -0.2) is 12.6 Å². The van der Waals surface area contributed by atoms with Gasteiger partial charge in [-0.25, -0.2) is 0 Å². The Hall–Kier alpha value is -0.730. The van der Waals surface area contributed by atoms with Crippen LogP contribution in [0.15, 0.2) is 18.2 Å². The molecule has 0 saturated heterocycles. The molecule has 4 heteroatoms. The number of ether oxygens (including phenoxy) is 1. The predicted molar refractivity (Wildman–Crippen MR) is 66.0 cm³/mol. The molecule has 0 unspecified atom stereocenters. The van der Waals surface area contributed by atoms with Crippen molar-refractivity contribution in [1.82, 2.24) is 0 Å². The summed E-state index contributed by atoms with van der Waals surface area (Å²) in [4.78, 5) is 11.3. The normalized spacial score (nSPS) is 10.2. The SMILES string of the molecule is CCCOC(=O)CCc1ccc(Cl)cc1Cl. The number of benzene rings is 1. The van der Waals surface area contributed by atoms with Crippen LogP contribution in [0.4, 0.5) is 0 Å². The standard InChI is InChI=1S/C12H14Cl2O2/c1-2-7-16-12(15)6-4-9-3-5-10(13)8-11(9)14/h3,5,8H,2,4,6-7H2,1H3. The molecule has 2 nitrogen and oxygen atoms in total. The highest BCUT2D eigenvalue weighted by Gasteiger charge is 2.06. The van der Waals surface area contributed by atoms with Gasteiger partial charge in [0, 0.05) is 16.5 Å². The molecule has 0 fully saturated rings. The van der Waals surface area contributed by atoms with Crippen LogP contribution in [0.25, 0.3) is 0 Å². The third-order valence-electron chi connectivity index (χ3n) is 2.08. The van der Waals surface area contributed by atoms with Gasteiger partial charge in [0.15, 0.2) is 0 Å². The number of rotatable bonds is 5. The van der Waals surface area contributed by atoms with Crippen molar-refractivity contribution in [2.75, 3.05) is 6.61 Å². The average Bonchev–Trinajstić information content (AvgIpc) is 2.25.